The van der Waals surface area contributed by atoms with Gasteiger partial charge in [0, 0.05) is 0 Å². The van der Waals surface area contributed by atoms with Gasteiger partial charge in [0.05, 0.1) is 0 Å². The van der Waals surface area contributed by atoms with Gasteiger partial charge in [-0.25, -0.2) is 0 Å². The van der Waals surface area contributed by atoms with Crippen LogP contribution in [0, 0.1) is 0 Å². The fraction of sp³-hybridized carbons (Fsp3) is 1.00. The number of hydrogen-bond acceptors (Lipinski definition) is 3. The fourth-order valence-electron chi connectivity index (χ4n) is 0.451. The van der Waals surface area contributed by atoms with Crippen LogP contribution in [0.5, 0.6) is 0 Å². The molecule has 3 nitrogen and oxygen atoms in total. The van der Waals surface area contributed by atoms with E-state index in [0.717, 1.165) is 29.5 Å². The van der Waals surface area contributed by atoms with Crippen molar-refractivity contribution in [1.82, 2.24) is 13.2 Å². The second kappa shape index (κ2) is 3.80. The first kappa shape index (κ1) is 7.85. The SMILES string of the molecule is C[Si](C)N1[Si]N[Si]N[Si]1. The van der Waals surface area contributed by atoms with Gasteiger partial charge in [-0.3, -0.25) is 0 Å². The predicted molar refractivity (Wildman–Crippen MR) is 42.9 cm³/mol. The lowest BCUT2D eigenvalue weighted by Gasteiger charge is -2.27. The van der Waals surface area contributed by atoms with Gasteiger partial charge in [0.2, 0.25) is 29.5 Å². The molecule has 2 N–H and O–H groups in total. The summed E-state index contributed by atoms with van der Waals surface area (Å²) in [5.74, 6) is 0. The molecule has 1 aliphatic rings. The highest BCUT2D eigenvalue weighted by atomic mass is 28.4. The molecule has 0 bridgehead atoms. The van der Waals surface area contributed by atoms with Crippen molar-refractivity contribution in [2.45, 2.75) is 13.1 Å². The molecule has 0 aromatic rings. The Balaban J connectivity index is 2.23. The average Bonchev–Trinajstić information content (AvgIpc) is 1.90. The van der Waals surface area contributed by atoms with Gasteiger partial charge in [0.25, 0.3) is 0 Å². The third kappa shape index (κ3) is 2.45. The Morgan fingerprint density at radius 2 is 1.78 bits per heavy atom. The topological polar surface area (TPSA) is 27.3 Å². The van der Waals surface area contributed by atoms with E-state index < -0.39 is 0 Å². The van der Waals surface area contributed by atoms with Gasteiger partial charge in [-0.15, -0.1) is 0 Å². The Hall–Kier alpha value is 0.748. The van der Waals surface area contributed by atoms with E-state index in [9.17, 15) is 0 Å². The fourth-order valence-corrected chi connectivity index (χ4v) is 6.63. The maximum absolute atomic E-state index is 3.32. The molecule has 9 heavy (non-hydrogen) atoms. The molecule has 1 aliphatic heterocycles. The molecule has 0 aromatic heterocycles. The highest BCUT2D eigenvalue weighted by molar-refractivity contribution is 6.78. The number of hydrogen-bond donors (Lipinski definition) is 2. The average molecular weight is 186 g/mol. The van der Waals surface area contributed by atoms with Crippen molar-refractivity contribution in [1.29, 1.82) is 0 Å². The summed E-state index contributed by atoms with van der Waals surface area (Å²) in [6.45, 7) is 4.64. The van der Waals surface area contributed by atoms with Gasteiger partial charge >= 0.3 is 0 Å². The van der Waals surface area contributed by atoms with Gasteiger partial charge in [-0.2, -0.15) is 0 Å². The molecule has 0 atom stereocenters. The van der Waals surface area contributed by atoms with Crippen molar-refractivity contribution >= 4 is 38.5 Å². The Morgan fingerprint density at radius 1 is 1.22 bits per heavy atom. The molecular formula is C2H8N3Si4. The van der Waals surface area contributed by atoms with Crippen LogP contribution >= 0.6 is 0 Å². The molecule has 1 saturated heterocycles. The van der Waals surface area contributed by atoms with Gasteiger partial charge < -0.3 is 13.2 Å². The smallest absolute Gasteiger partial charge is 0.231 e. The summed E-state index contributed by atoms with van der Waals surface area (Å²) in [7, 11) is 2.31. The van der Waals surface area contributed by atoms with Crippen molar-refractivity contribution in [3.8, 4) is 0 Å². The zero-order valence-corrected chi connectivity index (χ0v) is 9.45. The molecule has 7 radical (unpaired) electrons. The lowest BCUT2D eigenvalue weighted by atomic mass is 11.9. The van der Waals surface area contributed by atoms with Crippen LogP contribution in [0.25, 0.3) is 0 Å². The summed E-state index contributed by atoms with van der Waals surface area (Å²) in [6.07, 6.45) is 0. The molecule has 0 aromatic carbocycles. The van der Waals surface area contributed by atoms with Gasteiger partial charge in [0.1, 0.15) is 8.96 Å². The monoisotopic (exact) mass is 186 g/mol. The number of nitrogens with one attached hydrogen (secondary N) is 2. The summed E-state index contributed by atoms with van der Waals surface area (Å²) in [5, 5.41) is 0. The first-order chi connectivity index (χ1) is 4.30. The number of nitrogens with zero attached hydrogens (tertiary/aromatic N) is 1. The molecule has 0 amide bonds. The van der Waals surface area contributed by atoms with E-state index >= 15 is 0 Å². The summed E-state index contributed by atoms with van der Waals surface area (Å²) in [5.41, 5.74) is 0. The summed E-state index contributed by atoms with van der Waals surface area (Å²) in [4.78, 5) is 0. The standard InChI is InChI=1S/C2H8N3Si4/c1-9(2)5-7-3-6-4-8-5/h3-4H,1-2H3. The van der Waals surface area contributed by atoms with Crippen molar-refractivity contribution in [2.24, 2.45) is 0 Å². The Labute approximate surface area is 65.2 Å². The zero-order chi connectivity index (χ0) is 6.69. The molecule has 1 rings (SSSR count). The maximum atomic E-state index is 3.32. The Bertz CT molecular complexity index is 81.9. The summed E-state index contributed by atoms with van der Waals surface area (Å²) in [6, 6.07) is 0. The third-order valence-electron chi connectivity index (χ3n) is 0.908. The van der Waals surface area contributed by atoms with Gasteiger partial charge in [-0.1, -0.05) is 13.1 Å². The highest BCUT2D eigenvalue weighted by Gasteiger charge is 2.16. The van der Waals surface area contributed by atoms with E-state index in [1.54, 1.807) is 0 Å². The van der Waals surface area contributed by atoms with Crippen LogP contribution < -0.4 is 9.30 Å². The first-order valence-corrected chi connectivity index (χ1v) is 8.01. The van der Waals surface area contributed by atoms with Crippen LogP contribution in [0.15, 0.2) is 0 Å². The first-order valence-electron chi connectivity index (χ1n) is 2.67. The van der Waals surface area contributed by atoms with E-state index in [4.69, 9.17) is 0 Å². The normalized spacial score (nSPS) is 23.0. The van der Waals surface area contributed by atoms with Crippen molar-refractivity contribution in [3.05, 3.63) is 0 Å². The van der Waals surface area contributed by atoms with Crippen LogP contribution in [0.2, 0.25) is 13.1 Å². The minimum Gasteiger partial charge on any atom is -0.347 e. The van der Waals surface area contributed by atoms with E-state index in [1.807, 2.05) is 0 Å². The zero-order valence-electron chi connectivity index (χ0n) is 5.45. The van der Waals surface area contributed by atoms with E-state index in [0.29, 0.717) is 0 Å². The van der Waals surface area contributed by atoms with Crippen LogP contribution in [0.4, 0.5) is 0 Å². The Kier molecular flexibility index (Phi) is 3.32. The van der Waals surface area contributed by atoms with Gasteiger partial charge in [0.15, 0.2) is 0 Å². The second-order valence-electron chi connectivity index (χ2n) is 1.88. The molecule has 0 aliphatic carbocycles. The molecule has 7 heteroatoms. The number of rotatable bonds is 1. The van der Waals surface area contributed by atoms with E-state index in [1.165, 1.54) is 0 Å². The molecular weight excluding hydrogens is 178 g/mol. The molecule has 1 fully saturated rings. The molecule has 47 valence electrons. The minimum atomic E-state index is -0.198. The van der Waals surface area contributed by atoms with Crippen molar-refractivity contribution in [3.63, 3.8) is 0 Å². The van der Waals surface area contributed by atoms with Crippen LogP contribution in [0.1, 0.15) is 0 Å². The molecule has 0 unspecified atom stereocenters. The van der Waals surface area contributed by atoms with Crippen LogP contribution in [0.3, 0.4) is 0 Å². The largest absolute Gasteiger partial charge is 0.347 e. The predicted octanol–water partition coefficient (Wildman–Crippen LogP) is -1.67. The lowest BCUT2D eigenvalue weighted by molar-refractivity contribution is 0.986. The minimum absolute atomic E-state index is 0.198. The summed E-state index contributed by atoms with van der Waals surface area (Å²) >= 11 is 0. The third-order valence-corrected chi connectivity index (χ3v) is 8.17. The van der Waals surface area contributed by atoms with E-state index in [-0.39, 0.29) is 8.96 Å². The van der Waals surface area contributed by atoms with E-state index in [2.05, 4.69) is 26.3 Å². The molecule has 0 spiro atoms. The van der Waals surface area contributed by atoms with Crippen LogP contribution in [-0.4, -0.2) is 42.4 Å². The maximum Gasteiger partial charge on any atom is 0.231 e. The quantitative estimate of drug-likeness (QED) is 0.480. The van der Waals surface area contributed by atoms with Crippen molar-refractivity contribution < 1.29 is 0 Å². The summed E-state index contributed by atoms with van der Waals surface area (Å²) < 4.78 is 9.14. The Morgan fingerprint density at radius 3 is 2.11 bits per heavy atom. The molecule has 0 saturated carbocycles. The van der Waals surface area contributed by atoms with Gasteiger partial charge in [-0.05, 0) is 0 Å². The lowest BCUT2D eigenvalue weighted by Crippen LogP contribution is -2.61. The van der Waals surface area contributed by atoms with Crippen molar-refractivity contribution in [2.75, 3.05) is 0 Å². The highest BCUT2D eigenvalue weighted by Crippen LogP contribution is 1.87. The molecule has 1 heterocycles. The second-order valence-corrected chi connectivity index (χ2v) is 9.16. The van der Waals surface area contributed by atoms with Crippen LogP contribution in [-0.2, 0) is 0 Å².